The van der Waals surface area contributed by atoms with Crippen molar-refractivity contribution >= 4 is 11.9 Å². The molecule has 1 amide bonds. The largest absolute Gasteiger partial charge is 0.481 e. The lowest BCUT2D eigenvalue weighted by Crippen LogP contribution is -2.47. The first-order valence-corrected chi connectivity index (χ1v) is 4.71. The molecule has 0 aliphatic carbocycles. The second kappa shape index (κ2) is 4.55. The smallest absolute Gasteiger partial charge is 0.315 e. The van der Waals surface area contributed by atoms with Crippen LogP contribution in [0.3, 0.4) is 0 Å². The average molecular weight is 221 g/mol. The van der Waals surface area contributed by atoms with Crippen LogP contribution in [0, 0.1) is 11.8 Å². The number of likely N-dealkylation sites (tertiary alicyclic amines) is 1. The topological polar surface area (TPSA) is 57.6 Å². The Hall–Kier alpha value is -1.20. The highest BCUT2D eigenvalue weighted by Gasteiger charge is 2.34. The van der Waals surface area contributed by atoms with Crippen molar-refractivity contribution in [3.05, 3.63) is 0 Å². The molecule has 0 aromatic heterocycles. The first-order valence-electron chi connectivity index (χ1n) is 4.71. The Morgan fingerprint density at radius 2 is 2.00 bits per heavy atom. The minimum absolute atomic E-state index is 0.0532. The Bertz CT molecular complexity index is 270. The van der Waals surface area contributed by atoms with Gasteiger partial charge in [0.2, 0.25) is 0 Å². The zero-order chi connectivity index (χ0) is 11.6. The lowest BCUT2D eigenvalue weighted by Gasteiger charge is -2.34. The Morgan fingerprint density at radius 3 is 2.47 bits per heavy atom. The summed E-state index contributed by atoms with van der Waals surface area (Å²) in [5.74, 6) is -3.08. The first-order chi connectivity index (χ1) is 6.91. The zero-order valence-corrected chi connectivity index (χ0v) is 8.32. The Labute approximate surface area is 85.9 Å². The lowest BCUT2D eigenvalue weighted by molar-refractivity contribution is -0.151. The third kappa shape index (κ3) is 2.87. The van der Waals surface area contributed by atoms with E-state index in [0.29, 0.717) is 6.42 Å². The van der Waals surface area contributed by atoms with Crippen molar-refractivity contribution in [3.8, 4) is 0 Å². The number of amides is 1. The Balaban J connectivity index is 2.67. The summed E-state index contributed by atoms with van der Waals surface area (Å²) < 4.78 is 24.3. The molecule has 1 fully saturated rings. The van der Waals surface area contributed by atoms with Crippen LogP contribution in [0.4, 0.5) is 8.78 Å². The van der Waals surface area contributed by atoms with E-state index in [1.807, 2.05) is 0 Å². The summed E-state index contributed by atoms with van der Waals surface area (Å²) in [5.41, 5.74) is 0. The molecule has 6 heteroatoms. The van der Waals surface area contributed by atoms with E-state index in [-0.39, 0.29) is 19.0 Å². The zero-order valence-electron chi connectivity index (χ0n) is 8.32. The molecule has 15 heavy (non-hydrogen) atoms. The molecule has 1 aliphatic rings. The van der Waals surface area contributed by atoms with Crippen molar-refractivity contribution in [2.75, 3.05) is 13.1 Å². The van der Waals surface area contributed by atoms with Crippen LogP contribution in [0.25, 0.3) is 0 Å². The Kier molecular flexibility index (Phi) is 3.60. The second-order valence-electron chi connectivity index (χ2n) is 3.92. The van der Waals surface area contributed by atoms with Crippen LogP contribution in [0.5, 0.6) is 0 Å². The standard InChI is InChI=1S/C9H13F2NO3/c1-5-2-6(9(14)15)4-12(3-5)8(13)7(10)11/h5-7H,2-4H2,1H3,(H,14,15). The van der Waals surface area contributed by atoms with Gasteiger partial charge in [0.1, 0.15) is 0 Å². The maximum Gasteiger partial charge on any atom is 0.315 e. The number of alkyl halides is 2. The summed E-state index contributed by atoms with van der Waals surface area (Å²) in [6, 6.07) is 0. The second-order valence-corrected chi connectivity index (χ2v) is 3.92. The number of rotatable bonds is 2. The van der Waals surface area contributed by atoms with Gasteiger partial charge in [-0.05, 0) is 12.3 Å². The molecule has 0 aromatic rings. The number of piperidine rings is 1. The van der Waals surface area contributed by atoms with E-state index in [2.05, 4.69) is 0 Å². The molecule has 1 N–H and O–H groups in total. The van der Waals surface area contributed by atoms with Gasteiger partial charge < -0.3 is 10.0 Å². The third-order valence-corrected chi connectivity index (χ3v) is 2.51. The summed E-state index contributed by atoms with van der Waals surface area (Å²) in [5, 5.41) is 8.77. The molecule has 0 bridgehead atoms. The van der Waals surface area contributed by atoms with Crippen LogP contribution in [0.2, 0.25) is 0 Å². The van der Waals surface area contributed by atoms with E-state index in [0.717, 1.165) is 4.90 Å². The molecule has 0 aromatic carbocycles. The summed E-state index contributed by atoms with van der Waals surface area (Å²) >= 11 is 0. The molecular formula is C9H13F2NO3. The van der Waals surface area contributed by atoms with Crippen LogP contribution in [-0.4, -0.2) is 41.4 Å². The van der Waals surface area contributed by atoms with Gasteiger partial charge in [-0.2, -0.15) is 8.78 Å². The number of carbonyl (C=O) groups excluding carboxylic acids is 1. The fourth-order valence-electron chi connectivity index (χ4n) is 1.85. The van der Waals surface area contributed by atoms with Crippen LogP contribution < -0.4 is 0 Å². The van der Waals surface area contributed by atoms with Crippen LogP contribution >= 0.6 is 0 Å². The average Bonchev–Trinajstić information content (AvgIpc) is 2.15. The minimum Gasteiger partial charge on any atom is -0.481 e. The highest BCUT2D eigenvalue weighted by Crippen LogP contribution is 2.22. The molecular weight excluding hydrogens is 208 g/mol. The Morgan fingerprint density at radius 1 is 1.40 bits per heavy atom. The van der Waals surface area contributed by atoms with Gasteiger partial charge in [-0.3, -0.25) is 9.59 Å². The summed E-state index contributed by atoms with van der Waals surface area (Å²) in [7, 11) is 0. The van der Waals surface area contributed by atoms with E-state index in [1.165, 1.54) is 0 Å². The normalized spacial score (nSPS) is 26.8. The summed E-state index contributed by atoms with van der Waals surface area (Å²) in [6.45, 7) is 1.86. The SMILES string of the molecule is CC1CC(C(=O)O)CN(C(=O)C(F)F)C1. The molecule has 4 nitrogen and oxygen atoms in total. The highest BCUT2D eigenvalue weighted by molar-refractivity contribution is 5.80. The van der Waals surface area contributed by atoms with Crippen LogP contribution in [-0.2, 0) is 9.59 Å². The quantitative estimate of drug-likeness (QED) is 0.751. The number of hydrogen-bond acceptors (Lipinski definition) is 2. The highest BCUT2D eigenvalue weighted by atomic mass is 19.3. The van der Waals surface area contributed by atoms with Gasteiger partial charge in [0, 0.05) is 13.1 Å². The lowest BCUT2D eigenvalue weighted by atomic mass is 9.90. The fraction of sp³-hybridized carbons (Fsp3) is 0.778. The van der Waals surface area contributed by atoms with Crippen LogP contribution in [0.1, 0.15) is 13.3 Å². The van der Waals surface area contributed by atoms with Crippen molar-refractivity contribution in [1.29, 1.82) is 0 Å². The summed E-state index contributed by atoms with van der Waals surface area (Å²) in [6.07, 6.45) is -2.62. The number of carboxylic acid groups (broad SMARTS) is 1. The van der Waals surface area contributed by atoms with Gasteiger partial charge in [-0.25, -0.2) is 0 Å². The van der Waals surface area contributed by atoms with Gasteiger partial charge in [-0.1, -0.05) is 6.92 Å². The first kappa shape index (κ1) is 11.9. The number of nitrogens with zero attached hydrogens (tertiary/aromatic N) is 1. The third-order valence-electron chi connectivity index (χ3n) is 2.51. The van der Waals surface area contributed by atoms with Gasteiger partial charge in [0.05, 0.1) is 5.92 Å². The van der Waals surface area contributed by atoms with Crippen molar-refractivity contribution in [1.82, 2.24) is 4.90 Å². The molecule has 1 rings (SSSR count). The van der Waals surface area contributed by atoms with E-state index >= 15 is 0 Å². The van der Waals surface area contributed by atoms with E-state index in [9.17, 15) is 18.4 Å². The maximum absolute atomic E-state index is 12.1. The molecule has 1 aliphatic heterocycles. The monoisotopic (exact) mass is 221 g/mol. The number of carbonyl (C=O) groups is 2. The molecule has 86 valence electrons. The molecule has 2 unspecified atom stereocenters. The van der Waals surface area contributed by atoms with E-state index in [4.69, 9.17) is 5.11 Å². The molecule has 0 spiro atoms. The fourth-order valence-corrected chi connectivity index (χ4v) is 1.85. The number of hydrogen-bond donors (Lipinski definition) is 1. The summed E-state index contributed by atoms with van der Waals surface area (Å²) in [4.78, 5) is 22.6. The minimum atomic E-state index is -3.05. The molecule has 0 saturated carbocycles. The molecule has 2 atom stereocenters. The maximum atomic E-state index is 12.1. The van der Waals surface area contributed by atoms with Crippen LogP contribution in [0.15, 0.2) is 0 Å². The van der Waals surface area contributed by atoms with Gasteiger partial charge in [-0.15, -0.1) is 0 Å². The predicted molar refractivity (Wildman–Crippen MR) is 47.5 cm³/mol. The number of carboxylic acids is 1. The van der Waals surface area contributed by atoms with Gasteiger partial charge >= 0.3 is 12.4 Å². The van der Waals surface area contributed by atoms with Crippen molar-refractivity contribution in [3.63, 3.8) is 0 Å². The van der Waals surface area contributed by atoms with Gasteiger partial charge in [0.25, 0.3) is 5.91 Å². The van der Waals surface area contributed by atoms with Crippen molar-refractivity contribution in [2.45, 2.75) is 19.8 Å². The van der Waals surface area contributed by atoms with Crippen molar-refractivity contribution < 1.29 is 23.5 Å². The van der Waals surface area contributed by atoms with Gasteiger partial charge in [0.15, 0.2) is 0 Å². The molecule has 1 heterocycles. The van der Waals surface area contributed by atoms with E-state index < -0.39 is 24.2 Å². The molecule has 0 radical (unpaired) electrons. The molecule has 1 saturated heterocycles. The number of aliphatic carboxylic acids is 1. The van der Waals surface area contributed by atoms with E-state index in [1.54, 1.807) is 6.92 Å². The van der Waals surface area contributed by atoms with Crippen molar-refractivity contribution in [2.24, 2.45) is 11.8 Å². The number of halogens is 2. The predicted octanol–water partition coefficient (Wildman–Crippen LogP) is 0.821.